The molecule has 0 N–H and O–H groups in total. The van der Waals surface area contributed by atoms with E-state index in [4.69, 9.17) is 15.8 Å². The number of hydrogen-bond acceptors (Lipinski definition) is 4. The number of hydrogen-bond donors (Lipinski definition) is 0. The molecular formula is C10H6N4. The molecular weight excluding hydrogens is 176 g/mol. The first kappa shape index (κ1) is 9.71. The van der Waals surface area contributed by atoms with Crippen molar-refractivity contribution in [2.24, 2.45) is 0 Å². The maximum absolute atomic E-state index is 8.74. The first-order valence-electron chi connectivity index (χ1n) is 3.89. The van der Waals surface area contributed by atoms with Crippen molar-refractivity contribution in [1.82, 2.24) is 4.98 Å². The standard InChI is InChI=1S/C10H6N4/c1-7-2-3-8(4-11)10(14-7)9(5-12)6-13/h2-3,9H,1H3. The van der Waals surface area contributed by atoms with Gasteiger partial charge in [-0.15, -0.1) is 0 Å². The highest BCUT2D eigenvalue weighted by Crippen LogP contribution is 2.16. The predicted octanol–water partition coefficient (Wildman–Crippen LogP) is 1.39. The van der Waals surface area contributed by atoms with Gasteiger partial charge in [0.05, 0.1) is 23.4 Å². The maximum atomic E-state index is 8.74. The molecule has 4 nitrogen and oxygen atoms in total. The highest BCUT2D eigenvalue weighted by Gasteiger charge is 2.15. The van der Waals surface area contributed by atoms with Crippen molar-refractivity contribution in [1.29, 1.82) is 15.8 Å². The van der Waals surface area contributed by atoms with Crippen LogP contribution >= 0.6 is 0 Å². The van der Waals surface area contributed by atoms with Crippen LogP contribution in [0.25, 0.3) is 0 Å². The van der Waals surface area contributed by atoms with E-state index in [1.54, 1.807) is 31.2 Å². The Morgan fingerprint density at radius 3 is 2.36 bits per heavy atom. The van der Waals surface area contributed by atoms with Crippen LogP contribution < -0.4 is 0 Å². The smallest absolute Gasteiger partial charge is 0.176 e. The summed E-state index contributed by atoms with van der Waals surface area (Å²) in [5.74, 6) is -0.968. The molecule has 0 aliphatic heterocycles. The Morgan fingerprint density at radius 2 is 1.86 bits per heavy atom. The lowest BCUT2D eigenvalue weighted by Crippen LogP contribution is -2.01. The minimum absolute atomic E-state index is 0.248. The van der Waals surface area contributed by atoms with Gasteiger partial charge in [0, 0.05) is 5.69 Å². The lowest BCUT2D eigenvalue weighted by molar-refractivity contribution is 0.979. The van der Waals surface area contributed by atoms with Crippen molar-refractivity contribution >= 4 is 0 Å². The summed E-state index contributed by atoms with van der Waals surface area (Å²) < 4.78 is 0. The minimum atomic E-state index is -0.968. The number of aryl methyl sites for hydroxylation is 1. The van der Waals surface area contributed by atoms with Gasteiger partial charge in [0.1, 0.15) is 6.07 Å². The van der Waals surface area contributed by atoms with Gasteiger partial charge in [-0.2, -0.15) is 15.8 Å². The number of pyridine rings is 1. The molecule has 0 aromatic carbocycles. The third-order valence-corrected chi connectivity index (χ3v) is 1.72. The molecule has 0 atom stereocenters. The number of nitrogens with zero attached hydrogens (tertiary/aromatic N) is 4. The van der Waals surface area contributed by atoms with Crippen LogP contribution in [0.5, 0.6) is 0 Å². The highest BCUT2D eigenvalue weighted by atomic mass is 14.7. The SMILES string of the molecule is Cc1ccc(C#N)c(C(C#N)C#N)n1. The van der Waals surface area contributed by atoms with E-state index >= 15 is 0 Å². The molecule has 1 heterocycles. The van der Waals surface area contributed by atoms with Crippen molar-refractivity contribution in [3.8, 4) is 18.2 Å². The predicted molar refractivity (Wildman–Crippen MR) is 47.7 cm³/mol. The Hall–Kier alpha value is -2.38. The van der Waals surface area contributed by atoms with Crippen molar-refractivity contribution in [2.45, 2.75) is 12.8 Å². The van der Waals surface area contributed by atoms with Gasteiger partial charge in [0.2, 0.25) is 0 Å². The molecule has 0 unspecified atom stereocenters. The van der Waals surface area contributed by atoms with Crippen LogP contribution in [-0.4, -0.2) is 4.98 Å². The number of rotatable bonds is 1. The van der Waals surface area contributed by atoms with Gasteiger partial charge in [-0.3, -0.25) is 4.98 Å². The molecule has 14 heavy (non-hydrogen) atoms. The van der Waals surface area contributed by atoms with E-state index in [1.165, 1.54) is 0 Å². The second-order valence-corrected chi connectivity index (χ2v) is 2.69. The second-order valence-electron chi connectivity index (χ2n) is 2.69. The lowest BCUT2D eigenvalue weighted by atomic mass is 10.0. The zero-order valence-corrected chi connectivity index (χ0v) is 7.52. The molecule has 0 spiro atoms. The molecule has 1 aromatic heterocycles. The van der Waals surface area contributed by atoms with E-state index in [-0.39, 0.29) is 11.3 Å². The van der Waals surface area contributed by atoms with Gasteiger partial charge in [-0.25, -0.2) is 0 Å². The fourth-order valence-electron chi connectivity index (χ4n) is 1.04. The fourth-order valence-corrected chi connectivity index (χ4v) is 1.04. The third-order valence-electron chi connectivity index (χ3n) is 1.72. The van der Waals surface area contributed by atoms with Crippen LogP contribution in [-0.2, 0) is 0 Å². The third kappa shape index (κ3) is 1.68. The molecule has 1 aromatic rings. The Kier molecular flexibility index (Phi) is 2.79. The van der Waals surface area contributed by atoms with Gasteiger partial charge < -0.3 is 0 Å². The second kappa shape index (κ2) is 4.03. The molecule has 66 valence electrons. The Labute approximate surface area is 81.7 Å². The summed E-state index contributed by atoms with van der Waals surface area (Å²) in [6.07, 6.45) is 0. The van der Waals surface area contributed by atoms with Gasteiger partial charge in [-0.05, 0) is 19.1 Å². The molecule has 4 heteroatoms. The summed E-state index contributed by atoms with van der Waals surface area (Å²) in [4.78, 5) is 4.02. The summed E-state index contributed by atoms with van der Waals surface area (Å²) in [6, 6.07) is 8.74. The molecule has 1 rings (SSSR count). The average molecular weight is 182 g/mol. The van der Waals surface area contributed by atoms with E-state index in [2.05, 4.69) is 4.98 Å². The van der Waals surface area contributed by atoms with E-state index in [9.17, 15) is 0 Å². The number of nitriles is 3. The zero-order valence-electron chi connectivity index (χ0n) is 7.52. The van der Waals surface area contributed by atoms with Crippen molar-refractivity contribution in [3.63, 3.8) is 0 Å². The molecule has 0 saturated heterocycles. The summed E-state index contributed by atoms with van der Waals surface area (Å²) >= 11 is 0. The molecule has 0 bridgehead atoms. The quantitative estimate of drug-likeness (QED) is 0.656. The molecule has 0 aliphatic rings. The normalized spacial score (nSPS) is 8.79. The maximum Gasteiger partial charge on any atom is 0.176 e. The van der Waals surface area contributed by atoms with Crippen molar-refractivity contribution in [3.05, 3.63) is 29.1 Å². The Bertz CT molecular complexity index is 456. The van der Waals surface area contributed by atoms with E-state index in [0.29, 0.717) is 5.69 Å². The van der Waals surface area contributed by atoms with Gasteiger partial charge >= 0.3 is 0 Å². The van der Waals surface area contributed by atoms with Crippen LogP contribution in [0, 0.1) is 40.9 Å². The van der Waals surface area contributed by atoms with Crippen LogP contribution in [0.1, 0.15) is 22.9 Å². The largest absolute Gasteiger partial charge is 0.254 e. The molecule has 0 saturated carbocycles. The molecule has 0 fully saturated rings. The lowest BCUT2D eigenvalue weighted by Gasteiger charge is -2.02. The van der Waals surface area contributed by atoms with Crippen LogP contribution in [0.2, 0.25) is 0 Å². The van der Waals surface area contributed by atoms with E-state index in [0.717, 1.165) is 0 Å². The topological polar surface area (TPSA) is 84.3 Å². The van der Waals surface area contributed by atoms with Crippen molar-refractivity contribution < 1.29 is 0 Å². The minimum Gasteiger partial charge on any atom is -0.254 e. The first-order chi connectivity index (χ1) is 6.72. The summed E-state index contributed by atoms with van der Waals surface area (Å²) in [5.41, 5.74) is 1.22. The summed E-state index contributed by atoms with van der Waals surface area (Å²) in [7, 11) is 0. The van der Waals surface area contributed by atoms with Crippen LogP contribution in [0.4, 0.5) is 0 Å². The van der Waals surface area contributed by atoms with E-state index < -0.39 is 5.92 Å². The average Bonchev–Trinajstić information content (AvgIpc) is 2.20. The van der Waals surface area contributed by atoms with Crippen LogP contribution in [0.3, 0.4) is 0 Å². The Morgan fingerprint density at radius 1 is 1.21 bits per heavy atom. The highest BCUT2D eigenvalue weighted by molar-refractivity contribution is 5.41. The summed E-state index contributed by atoms with van der Waals surface area (Å²) in [5, 5.41) is 26.1. The molecule has 0 aliphatic carbocycles. The van der Waals surface area contributed by atoms with Gasteiger partial charge in [0.25, 0.3) is 0 Å². The molecule has 0 amide bonds. The van der Waals surface area contributed by atoms with Gasteiger partial charge in [0.15, 0.2) is 5.92 Å². The molecule has 0 radical (unpaired) electrons. The zero-order chi connectivity index (χ0) is 10.6. The van der Waals surface area contributed by atoms with Gasteiger partial charge in [-0.1, -0.05) is 0 Å². The van der Waals surface area contributed by atoms with E-state index in [1.807, 2.05) is 6.07 Å². The fraction of sp³-hybridized carbons (Fsp3) is 0.200. The first-order valence-corrected chi connectivity index (χ1v) is 3.89. The Balaban J connectivity index is 3.35. The van der Waals surface area contributed by atoms with Crippen molar-refractivity contribution in [2.75, 3.05) is 0 Å². The number of aromatic nitrogens is 1. The van der Waals surface area contributed by atoms with Crippen LogP contribution in [0.15, 0.2) is 12.1 Å². The summed E-state index contributed by atoms with van der Waals surface area (Å²) in [6.45, 7) is 1.75. The monoisotopic (exact) mass is 182 g/mol.